The van der Waals surface area contributed by atoms with Crippen LogP contribution in [0.5, 0.6) is 0 Å². The third-order valence-electron chi connectivity index (χ3n) is 4.68. The van der Waals surface area contributed by atoms with E-state index < -0.39 is 0 Å². The quantitative estimate of drug-likeness (QED) is 0.775. The van der Waals surface area contributed by atoms with Crippen molar-refractivity contribution in [3.05, 3.63) is 36.5 Å². The molecule has 0 spiro atoms. The van der Waals surface area contributed by atoms with Crippen molar-refractivity contribution in [2.24, 2.45) is 11.8 Å². The number of H-pyrrole nitrogens is 1. The molecule has 1 fully saturated rings. The standard InChI is InChI=1S/C18H24N4O.ClH/c1-13(14-6-9-19-10-7-14)12-18(23)21-16-4-2-15(3-5-16)17-8-11-20-22-17;/h2-5,8,11,13-14,19H,6-7,9-10,12H2,1H3,(H,20,22)(H,21,23);1H. The lowest BCUT2D eigenvalue weighted by atomic mass is 9.84. The number of halogens is 1. The summed E-state index contributed by atoms with van der Waals surface area (Å²) in [5.74, 6) is 1.19. The smallest absolute Gasteiger partial charge is 0.224 e. The molecule has 0 bridgehead atoms. The Kier molecular flexibility index (Phi) is 6.82. The van der Waals surface area contributed by atoms with Gasteiger partial charge < -0.3 is 10.6 Å². The van der Waals surface area contributed by atoms with Crippen LogP contribution in [0.15, 0.2) is 36.5 Å². The second-order valence-electron chi connectivity index (χ2n) is 6.36. The van der Waals surface area contributed by atoms with Gasteiger partial charge in [0.05, 0.1) is 5.69 Å². The minimum Gasteiger partial charge on any atom is -0.326 e. The van der Waals surface area contributed by atoms with Crippen molar-refractivity contribution in [2.45, 2.75) is 26.2 Å². The number of aromatic nitrogens is 2. The van der Waals surface area contributed by atoms with E-state index in [-0.39, 0.29) is 18.3 Å². The monoisotopic (exact) mass is 348 g/mol. The van der Waals surface area contributed by atoms with Gasteiger partial charge in [-0.15, -0.1) is 12.4 Å². The second-order valence-corrected chi connectivity index (χ2v) is 6.36. The van der Waals surface area contributed by atoms with Crippen LogP contribution in [0.1, 0.15) is 26.2 Å². The van der Waals surface area contributed by atoms with E-state index in [9.17, 15) is 4.79 Å². The Morgan fingerprint density at radius 3 is 2.58 bits per heavy atom. The maximum absolute atomic E-state index is 12.2. The highest BCUT2D eigenvalue weighted by atomic mass is 35.5. The Balaban J connectivity index is 0.00000208. The number of hydrogen-bond donors (Lipinski definition) is 3. The first-order valence-electron chi connectivity index (χ1n) is 8.33. The fourth-order valence-corrected chi connectivity index (χ4v) is 3.23. The minimum atomic E-state index is 0. The van der Waals surface area contributed by atoms with Crippen molar-refractivity contribution in [3.63, 3.8) is 0 Å². The number of carbonyl (C=O) groups excluding carboxylic acids is 1. The molecule has 1 aliphatic heterocycles. The third-order valence-corrected chi connectivity index (χ3v) is 4.68. The average molecular weight is 349 g/mol. The van der Waals surface area contributed by atoms with Gasteiger partial charge in [-0.3, -0.25) is 9.89 Å². The lowest BCUT2D eigenvalue weighted by molar-refractivity contribution is -0.117. The summed E-state index contributed by atoms with van der Waals surface area (Å²) in [6.45, 7) is 4.34. The Hall–Kier alpha value is -1.85. The summed E-state index contributed by atoms with van der Waals surface area (Å²) in [4.78, 5) is 12.2. The highest BCUT2D eigenvalue weighted by Gasteiger charge is 2.21. The van der Waals surface area contributed by atoms with E-state index in [1.165, 1.54) is 12.8 Å². The zero-order chi connectivity index (χ0) is 16.1. The lowest BCUT2D eigenvalue weighted by Crippen LogP contribution is -2.32. The molecule has 0 saturated carbocycles. The molecule has 3 N–H and O–H groups in total. The molecule has 1 amide bonds. The lowest BCUT2D eigenvalue weighted by Gasteiger charge is -2.27. The van der Waals surface area contributed by atoms with E-state index in [0.717, 1.165) is 30.0 Å². The van der Waals surface area contributed by atoms with Crippen molar-refractivity contribution in [1.82, 2.24) is 15.5 Å². The first kappa shape index (κ1) is 18.5. The van der Waals surface area contributed by atoms with Crippen LogP contribution in [-0.2, 0) is 4.79 Å². The van der Waals surface area contributed by atoms with Crippen molar-refractivity contribution >= 4 is 24.0 Å². The Morgan fingerprint density at radius 1 is 1.25 bits per heavy atom. The normalized spacial score (nSPS) is 16.2. The van der Waals surface area contributed by atoms with E-state index in [2.05, 4.69) is 27.8 Å². The molecule has 1 unspecified atom stereocenters. The van der Waals surface area contributed by atoms with Gasteiger partial charge in [-0.2, -0.15) is 5.10 Å². The van der Waals surface area contributed by atoms with Gasteiger partial charge in [-0.1, -0.05) is 19.1 Å². The molecule has 5 nitrogen and oxygen atoms in total. The van der Waals surface area contributed by atoms with Gasteiger partial charge in [0.15, 0.2) is 0 Å². The number of hydrogen-bond acceptors (Lipinski definition) is 3. The highest BCUT2D eigenvalue weighted by molar-refractivity contribution is 5.91. The zero-order valence-electron chi connectivity index (χ0n) is 13.9. The van der Waals surface area contributed by atoms with Crippen LogP contribution in [0, 0.1) is 11.8 Å². The minimum absolute atomic E-state index is 0. The number of amides is 1. The van der Waals surface area contributed by atoms with E-state index in [1.807, 2.05) is 30.3 Å². The fraction of sp³-hybridized carbons (Fsp3) is 0.444. The van der Waals surface area contributed by atoms with Gasteiger partial charge >= 0.3 is 0 Å². The highest BCUT2D eigenvalue weighted by Crippen LogP contribution is 2.25. The van der Waals surface area contributed by atoms with Crippen molar-refractivity contribution < 1.29 is 4.79 Å². The number of nitrogens with zero attached hydrogens (tertiary/aromatic N) is 1. The summed E-state index contributed by atoms with van der Waals surface area (Å²) in [5.41, 5.74) is 2.88. The van der Waals surface area contributed by atoms with Crippen LogP contribution >= 0.6 is 12.4 Å². The molecule has 6 heteroatoms. The van der Waals surface area contributed by atoms with Crippen LogP contribution in [0.2, 0.25) is 0 Å². The molecule has 0 radical (unpaired) electrons. The van der Waals surface area contributed by atoms with E-state index in [0.29, 0.717) is 18.3 Å². The molecule has 1 aromatic carbocycles. The first-order chi connectivity index (χ1) is 11.2. The van der Waals surface area contributed by atoms with E-state index >= 15 is 0 Å². The predicted octanol–water partition coefficient (Wildman–Crippen LogP) is 3.46. The molecule has 0 aliphatic carbocycles. The predicted molar refractivity (Wildman–Crippen MR) is 99.3 cm³/mol. The molecule has 24 heavy (non-hydrogen) atoms. The largest absolute Gasteiger partial charge is 0.326 e. The maximum Gasteiger partial charge on any atom is 0.224 e. The van der Waals surface area contributed by atoms with Crippen molar-refractivity contribution in [1.29, 1.82) is 0 Å². The number of nitrogens with one attached hydrogen (secondary N) is 3. The summed E-state index contributed by atoms with van der Waals surface area (Å²) in [5, 5.41) is 13.3. The number of piperidine rings is 1. The molecule has 1 aliphatic rings. The van der Waals surface area contributed by atoms with Crippen LogP contribution in [-0.4, -0.2) is 29.2 Å². The third kappa shape index (κ3) is 4.82. The molecule has 3 rings (SSSR count). The second kappa shape index (κ2) is 8.85. The SMILES string of the molecule is CC(CC(=O)Nc1ccc(-c2ccn[nH]2)cc1)C1CCNCC1.Cl. The number of carbonyl (C=O) groups is 1. The van der Waals surface area contributed by atoms with Gasteiger partial charge in [0.25, 0.3) is 0 Å². The van der Waals surface area contributed by atoms with Crippen molar-refractivity contribution in [3.8, 4) is 11.3 Å². The molecule has 2 aromatic rings. The molecular formula is C18H25ClN4O. The molecular weight excluding hydrogens is 324 g/mol. The topological polar surface area (TPSA) is 69.8 Å². The summed E-state index contributed by atoms with van der Waals surface area (Å²) < 4.78 is 0. The molecule has 130 valence electrons. The average Bonchev–Trinajstić information content (AvgIpc) is 3.11. The first-order valence-corrected chi connectivity index (χ1v) is 8.33. The number of rotatable bonds is 5. The van der Waals surface area contributed by atoms with Gasteiger partial charge in [0.1, 0.15) is 0 Å². The van der Waals surface area contributed by atoms with Gasteiger partial charge in [-0.05, 0) is 61.5 Å². The molecule has 1 atom stereocenters. The number of anilines is 1. The Labute approximate surface area is 149 Å². The number of benzene rings is 1. The Morgan fingerprint density at radius 2 is 1.96 bits per heavy atom. The van der Waals surface area contributed by atoms with Crippen LogP contribution < -0.4 is 10.6 Å². The van der Waals surface area contributed by atoms with Crippen LogP contribution in [0.3, 0.4) is 0 Å². The summed E-state index contributed by atoms with van der Waals surface area (Å²) in [7, 11) is 0. The van der Waals surface area contributed by atoms with E-state index in [4.69, 9.17) is 0 Å². The van der Waals surface area contributed by atoms with Crippen molar-refractivity contribution in [2.75, 3.05) is 18.4 Å². The molecule has 1 aromatic heterocycles. The fourth-order valence-electron chi connectivity index (χ4n) is 3.23. The molecule has 1 saturated heterocycles. The summed E-state index contributed by atoms with van der Waals surface area (Å²) in [6.07, 6.45) is 4.67. The summed E-state index contributed by atoms with van der Waals surface area (Å²) >= 11 is 0. The van der Waals surface area contributed by atoms with Crippen LogP contribution in [0.25, 0.3) is 11.3 Å². The zero-order valence-corrected chi connectivity index (χ0v) is 14.7. The van der Waals surface area contributed by atoms with E-state index in [1.54, 1.807) is 6.20 Å². The van der Waals surface area contributed by atoms with Gasteiger partial charge in [0, 0.05) is 18.3 Å². The van der Waals surface area contributed by atoms with Crippen LogP contribution in [0.4, 0.5) is 5.69 Å². The number of aromatic amines is 1. The maximum atomic E-state index is 12.2. The Bertz CT molecular complexity index is 621. The molecule has 2 heterocycles. The van der Waals surface area contributed by atoms with Gasteiger partial charge in [0.2, 0.25) is 5.91 Å². The van der Waals surface area contributed by atoms with Gasteiger partial charge in [-0.25, -0.2) is 0 Å². The summed E-state index contributed by atoms with van der Waals surface area (Å²) in [6, 6.07) is 9.76.